The number of fused-ring (bicyclic) bond motifs is 1. The second-order valence-electron chi connectivity index (χ2n) is 10.2. The average molecular weight is 610 g/mol. The van der Waals surface area contributed by atoms with Crippen LogP contribution < -0.4 is 15.4 Å². The molecular weight excluding hydrogens is 578 g/mol. The van der Waals surface area contributed by atoms with Gasteiger partial charge in [-0.25, -0.2) is 13.1 Å². The lowest BCUT2D eigenvalue weighted by atomic mass is 10.1. The summed E-state index contributed by atoms with van der Waals surface area (Å²) in [6.07, 6.45) is 0.505. The average Bonchev–Trinajstić information content (AvgIpc) is 3.24. The van der Waals surface area contributed by atoms with Crippen LogP contribution >= 0.6 is 0 Å². The van der Waals surface area contributed by atoms with Crippen LogP contribution in [0.4, 0.5) is 0 Å². The number of aromatic nitrogens is 1. The van der Waals surface area contributed by atoms with E-state index >= 15 is 0 Å². The third-order valence-corrected chi connectivity index (χ3v) is 8.58. The summed E-state index contributed by atoms with van der Waals surface area (Å²) in [6, 6.07) is 14.8. The fraction of sp³-hybridized carbons (Fsp3) is 0.310. The maximum Gasteiger partial charge on any atom is 0.271 e. The molecular formula is C29H31N5O8S. The summed E-state index contributed by atoms with van der Waals surface area (Å²) in [4.78, 5) is 45.3. The van der Waals surface area contributed by atoms with Crippen LogP contribution in [0.5, 0.6) is 0 Å². The number of nitrogens with zero attached hydrogens (tertiary/aromatic N) is 2. The number of carbonyl (C=O) groups excluding carboxylic acids is 3. The summed E-state index contributed by atoms with van der Waals surface area (Å²) in [6.45, 7) is -0.704. The molecule has 1 saturated heterocycles. The molecule has 226 valence electrons. The molecule has 3 aromatic rings. The molecule has 43 heavy (non-hydrogen) atoms. The Kier molecular flexibility index (Phi) is 9.13. The van der Waals surface area contributed by atoms with E-state index in [4.69, 9.17) is 4.74 Å². The highest BCUT2D eigenvalue weighted by Gasteiger charge is 2.35. The Morgan fingerprint density at radius 3 is 2.51 bits per heavy atom. The van der Waals surface area contributed by atoms with E-state index < -0.39 is 59.0 Å². The Morgan fingerprint density at radius 1 is 1.02 bits per heavy atom. The smallest absolute Gasteiger partial charge is 0.271 e. The van der Waals surface area contributed by atoms with Crippen molar-refractivity contribution in [3.63, 3.8) is 0 Å². The Balaban J connectivity index is 1.35. The van der Waals surface area contributed by atoms with Crippen molar-refractivity contribution in [3.05, 3.63) is 84.2 Å². The molecule has 2 aromatic carbocycles. The number of sulfonamides is 1. The number of hydrogen-bond donors (Lipinski definition) is 5. The number of ether oxygens (including phenoxy) is 1. The predicted molar refractivity (Wildman–Crippen MR) is 154 cm³/mol. The fourth-order valence-electron chi connectivity index (χ4n) is 4.97. The van der Waals surface area contributed by atoms with Crippen LogP contribution in [0.2, 0.25) is 0 Å². The van der Waals surface area contributed by atoms with Gasteiger partial charge in [-0.15, -0.1) is 0 Å². The minimum absolute atomic E-state index is 0.0377. The number of carbonyl (C=O) groups is 3. The van der Waals surface area contributed by atoms with Crippen molar-refractivity contribution in [2.24, 2.45) is 0 Å². The van der Waals surface area contributed by atoms with Crippen LogP contribution in [0.3, 0.4) is 0 Å². The van der Waals surface area contributed by atoms with Crippen LogP contribution in [-0.4, -0.2) is 90.5 Å². The second kappa shape index (κ2) is 13.0. The molecule has 13 nitrogen and oxygen atoms in total. The molecule has 2 aliphatic heterocycles. The topological polar surface area (TPSA) is 187 Å². The number of aliphatic hydroxyl groups is 2. The lowest BCUT2D eigenvalue weighted by Gasteiger charge is -2.26. The lowest BCUT2D eigenvalue weighted by Crippen LogP contribution is -2.52. The summed E-state index contributed by atoms with van der Waals surface area (Å²) in [7, 11) is -3.86. The normalized spacial score (nSPS) is 22.6. The molecule has 0 spiro atoms. The van der Waals surface area contributed by atoms with Gasteiger partial charge in [-0.2, -0.15) is 0 Å². The molecule has 2 aliphatic rings. The van der Waals surface area contributed by atoms with Gasteiger partial charge >= 0.3 is 0 Å². The number of nitrogens with one attached hydrogen (secondary N) is 3. The van der Waals surface area contributed by atoms with E-state index in [0.717, 1.165) is 5.39 Å². The van der Waals surface area contributed by atoms with Gasteiger partial charge in [0.25, 0.3) is 5.91 Å². The molecule has 3 heterocycles. The summed E-state index contributed by atoms with van der Waals surface area (Å²) in [5.74, 6) is -1.78. The molecule has 3 unspecified atom stereocenters. The van der Waals surface area contributed by atoms with E-state index in [1.54, 1.807) is 42.5 Å². The summed E-state index contributed by atoms with van der Waals surface area (Å²) < 4.78 is 33.0. The van der Waals surface area contributed by atoms with Gasteiger partial charge < -0.3 is 30.5 Å². The number of aliphatic hydroxyl groups excluding tert-OH is 2. The van der Waals surface area contributed by atoms with Gasteiger partial charge in [0.2, 0.25) is 21.8 Å². The molecule has 1 fully saturated rings. The molecule has 14 heteroatoms. The van der Waals surface area contributed by atoms with Crippen molar-refractivity contribution in [1.29, 1.82) is 0 Å². The summed E-state index contributed by atoms with van der Waals surface area (Å²) >= 11 is 0. The molecule has 0 bridgehead atoms. The van der Waals surface area contributed by atoms with Gasteiger partial charge in [0.05, 0.1) is 17.5 Å². The molecule has 0 aliphatic carbocycles. The molecule has 1 aromatic heterocycles. The second-order valence-corrected chi connectivity index (χ2v) is 12.0. The maximum absolute atomic E-state index is 13.7. The first-order valence-electron chi connectivity index (χ1n) is 13.6. The highest BCUT2D eigenvalue weighted by Crippen LogP contribution is 2.19. The van der Waals surface area contributed by atoms with E-state index in [2.05, 4.69) is 20.3 Å². The van der Waals surface area contributed by atoms with Crippen LogP contribution in [0.25, 0.3) is 10.8 Å². The van der Waals surface area contributed by atoms with Gasteiger partial charge in [-0.3, -0.25) is 19.4 Å². The molecule has 3 amide bonds. The van der Waals surface area contributed by atoms with Gasteiger partial charge in [-0.1, -0.05) is 48.5 Å². The zero-order valence-electron chi connectivity index (χ0n) is 22.9. The van der Waals surface area contributed by atoms with Crippen molar-refractivity contribution in [1.82, 2.24) is 25.2 Å². The van der Waals surface area contributed by atoms with Crippen LogP contribution in [0, 0.1) is 0 Å². The largest absolute Gasteiger partial charge is 0.368 e. The van der Waals surface area contributed by atoms with E-state index in [-0.39, 0.29) is 36.5 Å². The number of pyridine rings is 1. The van der Waals surface area contributed by atoms with E-state index in [9.17, 15) is 33.0 Å². The van der Waals surface area contributed by atoms with E-state index in [1.165, 1.54) is 23.2 Å². The lowest BCUT2D eigenvalue weighted by molar-refractivity contribution is -0.165. The van der Waals surface area contributed by atoms with Crippen LogP contribution in [-0.2, 0) is 24.3 Å². The van der Waals surface area contributed by atoms with Crippen molar-refractivity contribution in [3.8, 4) is 0 Å². The Labute approximate surface area is 247 Å². The zero-order valence-corrected chi connectivity index (χ0v) is 23.7. The Morgan fingerprint density at radius 2 is 1.77 bits per heavy atom. The minimum Gasteiger partial charge on any atom is -0.368 e. The van der Waals surface area contributed by atoms with E-state index in [1.807, 2.05) is 12.1 Å². The molecule has 5 N–H and O–H groups in total. The van der Waals surface area contributed by atoms with Gasteiger partial charge in [0.1, 0.15) is 11.7 Å². The van der Waals surface area contributed by atoms with Gasteiger partial charge in [-0.05, 0) is 35.6 Å². The van der Waals surface area contributed by atoms with Crippen molar-refractivity contribution in [2.45, 2.75) is 42.4 Å². The predicted octanol–water partition coefficient (Wildman–Crippen LogP) is 0.0123. The standard InChI is InChI=1S/C29H31N5O8S/c35-24(32-23-14-25(36)42-29(23)39)17-34-16-18(15-31-43(40,41)20-7-2-1-3-8-20)10-11-22(28(34)38)33-27(37)26-21-9-5-4-6-19(21)12-13-30-26/h1-10,12-13,22-23,25,29,31,36,39H,11,14-17H2,(H,32,35)(H,33,37)/t22?,23-,25?,29?/m0/s1. The monoisotopic (exact) mass is 609 g/mol. The van der Waals surface area contributed by atoms with Crippen molar-refractivity contribution < 1.29 is 37.8 Å². The first kappa shape index (κ1) is 30.3. The van der Waals surface area contributed by atoms with Crippen molar-refractivity contribution >= 4 is 38.5 Å². The van der Waals surface area contributed by atoms with E-state index in [0.29, 0.717) is 11.0 Å². The van der Waals surface area contributed by atoms with Gasteiger partial charge in [0, 0.05) is 31.1 Å². The summed E-state index contributed by atoms with van der Waals surface area (Å²) in [5.41, 5.74) is 0.633. The van der Waals surface area contributed by atoms with Gasteiger partial charge in [0.15, 0.2) is 12.6 Å². The SMILES string of the molecule is O=C(CN1CC(CNS(=O)(=O)c2ccccc2)=CCC(NC(=O)c2nccc3ccccc23)C1=O)N[C@H]1CC(O)OC1O. The fourth-order valence-corrected chi connectivity index (χ4v) is 6.03. The number of amides is 3. The van der Waals surface area contributed by atoms with Crippen LogP contribution in [0.15, 0.2) is 83.4 Å². The number of rotatable bonds is 9. The first-order valence-corrected chi connectivity index (χ1v) is 15.1. The first-order chi connectivity index (χ1) is 20.6. The third kappa shape index (κ3) is 7.24. The molecule has 5 rings (SSSR count). The molecule has 0 saturated carbocycles. The molecule has 0 radical (unpaired) electrons. The highest BCUT2D eigenvalue weighted by atomic mass is 32.2. The third-order valence-electron chi connectivity index (χ3n) is 7.16. The maximum atomic E-state index is 13.7. The summed E-state index contributed by atoms with van der Waals surface area (Å²) in [5, 5.41) is 26.2. The number of benzene rings is 2. The zero-order chi connectivity index (χ0) is 30.6. The quantitative estimate of drug-likeness (QED) is 0.208. The Bertz CT molecular complexity index is 1640. The minimum atomic E-state index is -3.86. The number of hydrogen-bond acceptors (Lipinski definition) is 9. The highest BCUT2D eigenvalue weighted by molar-refractivity contribution is 7.89. The van der Waals surface area contributed by atoms with Crippen LogP contribution in [0.1, 0.15) is 23.3 Å². The Hall–Kier alpha value is -4.21. The molecule has 4 atom stereocenters. The van der Waals surface area contributed by atoms with Crippen molar-refractivity contribution in [2.75, 3.05) is 19.6 Å².